The monoisotopic (exact) mass is 559 g/mol. The maximum absolute atomic E-state index is 13.3. The van der Waals surface area contributed by atoms with E-state index >= 15 is 0 Å². The summed E-state index contributed by atoms with van der Waals surface area (Å²) in [5.74, 6) is 0.603. The van der Waals surface area contributed by atoms with Crippen LogP contribution in [0.1, 0.15) is 87.8 Å². The van der Waals surface area contributed by atoms with Crippen molar-refractivity contribution in [2.75, 3.05) is 26.3 Å². The number of hydrogen-bond donors (Lipinski definition) is 1. The van der Waals surface area contributed by atoms with E-state index in [9.17, 15) is 26.3 Å². The van der Waals surface area contributed by atoms with E-state index in [-0.39, 0.29) is 18.4 Å². The van der Waals surface area contributed by atoms with Gasteiger partial charge in [0, 0.05) is 43.3 Å². The molecule has 2 fully saturated rings. The van der Waals surface area contributed by atoms with E-state index in [1.165, 1.54) is 24.8 Å². The molecule has 3 rings (SSSR count). The topological polar surface area (TPSA) is 46.5 Å². The minimum atomic E-state index is -5.22. The summed E-state index contributed by atoms with van der Waals surface area (Å²) in [6, 6.07) is 4.34. The fourth-order valence-corrected chi connectivity index (χ4v) is 5.26. The fourth-order valence-electron chi connectivity index (χ4n) is 5.26. The average molecular weight is 560 g/mol. The van der Waals surface area contributed by atoms with Crippen LogP contribution in [0, 0.1) is 0 Å². The van der Waals surface area contributed by atoms with Crippen molar-refractivity contribution >= 4 is 6.21 Å². The first-order valence-corrected chi connectivity index (χ1v) is 13.8. The number of ether oxygens (including phenoxy) is 1. The maximum Gasteiger partial charge on any atom is 0.433 e. The third kappa shape index (κ3) is 9.17. The van der Waals surface area contributed by atoms with Crippen LogP contribution in [-0.2, 0) is 10.2 Å². The van der Waals surface area contributed by atoms with Gasteiger partial charge in [-0.1, -0.05) is 31.4 Å². The average Bonchev–Trinajstić information content (AvgIpc) is 2.95. The first kappa shape index (κ1) is 31.3. The van der Waals surface area contributed by atoms with Crippen molar-refractivity contribution in [2.24, 2.45) is 4.99 Å². The number of alkyl halides is 6. The van der Waals surface area contributed by atoms with Crippen molar-refractivity contribution in [2.45, 2.75) is 94.3 Å². The SMILES string of the molecule is C=CC/C(=C(\N=CCCNCC[C@]1(c2ccc(C3CCC3)cn2)CCCCCOCC1)C(F)(F)F)C(F)(F)F. The van der Waals surface area contributed by atoms with E-state index in [4.69, 9.17) is 9.72 Å². The minimum Gasteiger partial charge on any atom is -0.381 e. The Balaban J connectivity index is 1.63. The lowest BCUT2D eigenvalue weighted by Crippen LogP contribution is -2.33. The van der Waals surface area contributed by atoms with Crippen molar-refractivity contribution < 1.29 is 31.1 Å². The van der Waals surface area contributed by atoms with Gasteiger partial charge in [0.15, 0.2) is 5.70 Å². The van der Waals surface area contributed by atoms with Crippen LogP contribution in [0.3, 0.4) is 0 Å². The van der Waals surface area contributed by atoms with Crippen LogP contribution in [0.4, 0.5) is 26.3 Å². The lowest BCUT2D eigenvalue weighted by atomic mass is 9.73. The maximum atomic E-state index is 13.3. The third-order valence-corrected chi connectivity index (χ3v) is 7.77. The van der Waals surface area contributed by atoms with E-state index < -0.39 is 30.0 Å². The molecule has 0 unspecified atom stereocenters. The summed E-state index contributed by atoms with van der Waals surface area (Å²) in [6.07, 6.45) is 1.83. The number of hydrogen-bond acceptors (Lipinski definition) is 4. The Kier molecular flexibility index (Phi) is 11.6. The summed E-state index contributed by atoms with van der Waals surface area (Å²) in [6.45, 7) is 5.40. The second-order valence-electron chi connectivity index (χ2n) is 10.5. The Morgan fingerprint density at radius 3 is 2.44 bits per heavy atom. The van der Waals surface area contributed by atoms with Gasteiger partial charge in [0.2, 0.25) is 0 Å². The molecule has 218 valence electrons. The van der Waals surface area contributed by atoms with Crippen molar-refractivity contribution in [3.8, 4) is 0 Å². The van der Waals surface area contributed by atoms with E-state index in [2.05, 4.69) is 29.0 Å². The van der Waals surface area contributed by atoms with Gasteiger partial charge in [0.05, 0.1) is 5.57 Å². The lowest BCUT2D eigenvalue weighted by molar-refractivity contribution is -0.116. The van der Waals surface area contributed by atoms with E-state index in [0.29, 0.717) is 19.1 Å². The summed E-state index contributed by atoms with van der Waals surface area (Å²) < 4.78 is 85.3. The van der Waals surface area contributed by atoms with Crippen LogP contribution in [0.25, 0.3) is 0 Å². The summed E-state index contributed by atoms with van der Waals surface area (Å²) in [5.41, 5.74) is -1.51. The van der Waals surface area contributed by atoms with Gasteiger partial charge >= 0.3 is 12.4 Å². The summed E-state index contributed by atoms with van der Waals surface area (Å²) in [4.78, 5) is 8.08. The number of aliphatic imine (C=N–C) groups is 1. The molecule has 4 nitrogen and oxygen atoms in total. The highest BCUT2D eigenvalue weighted by atomic mass is 19.4. The number of rotatable bonds is 11. The zero-order chi connectivity index (χ0) is 28.4. The van der Waals surface area contributed by atoms with E-state index in [1.54, 1.807) is 0 Å². The highest BCUT2D eigenvalue weighted by Crippen LogP contribution is 2.40. The van der Waals surface area contributed by atoms with Gasteiger partial charge in [-0.05, 0) is 75.5 Å². The molecule has 0 bridgehead atoms. The van der Waals surface area contributed by atoms with Crippen LogP contribution in [0.15, 0.2) is 47.2 Å². The highest BCUT2D eigenvalue weighted by Gasteiger charge is 2.45. The Morgan fingerprint density at radius 1 is 1.03 bits per heavy atom. The number of halogens is 6. The molecule has 0 radical (unpaired) electrons. The van der Waals surface area contributed by atoms with Crippen LogP contribution >= 0.6 is 0 Å². The number of pyridine rings is 1. The highest BCUT2D eigenvalue weighted by molar-refractivity contribution is 5.60. The molecule has 0 aromatic carbocycles. The smallest absolute Gasteiger partial charge is 0.381 e. The zero-order valence-electron chi connectivity index (χ0n) is 22.3. The number of aromatic nitrogens is 1. The van der Waals surface area contributed by atoms with Crippen LogP contribution < -0.4 is 5.32 Å². The molecule has 1 aromatic rings. The fraction of sp³-hybridized carbons (Fsp3) is 0.655. The van der Waals surface area contributed by atoms with Gasteiger partial charge in [0.1, 0.15) is 0 Å². The molecule has 1 aromatic heterocycles. The molecule has 0 amide bonds. The molecular formula is C29H39F6N3O. The van der Waals surface area contributed by atoms with Crippen LogP contribution in [0.5, 0.6) is 0 Å². The van der Waals surface area contributed by atoms with Crippen LogP contribution in [0.2, 0.25) is 0 Å². The molecule has 1 N–H and O–H groups in total. The molecule has 0 spiro atoms. The summed E-state index contributed by atoms with van der Waals surface area (Å²) >= 11 is 0. The van der Waals surface area contributed by atoms with Crippen molar-refractivity contribution in [3.05, 3.63) is 53.5 Å². The molecule has 2 heterocycles. The second kappa shape index (κ2) is 14.4. The lowest BCUT2D eigenvalue weighted by Gasteiger charge is -2.34. The molecule has 1 saturated heterocycles. The van der Waals surface area contributed by atoms with Crippen molar-refractivity contribution in [3.63, 3.8) is 0 Å². The molecule has 1 atom stereocenters. The predicted molar refractivity (Wildman–Crippen MR) is 141 cm³/mol. The molecule has 2 aliphatic rings. The molecule has 1 saturated carbocycles. The van der Waals surface area contributed by atoms with Gasteiger partial charge in [0.25, 0.3) is 0 Å². The standard InChI is InChI=1S/C29H39F6N3O/c1-2-8-24(28(30,31)32)26(29(33,34)35)37-17-7-16-36-18-14-27(13-4-3-5-19-39-20-15-27)25-12-11-23(21-38-25)22-9-6-10-22/h2,11-12,17,21-22,36H,1,3-10,13-16,18-20H2/b26-24+,37-17?/t27-/m1/s1. The quantitative estimate of drug-likeness (QED) is 0.130. The summed E-state index contributed by atoms with van der Waals surface area (Å²) in [7, 11) is 0. The van der Waals surface area contributed by atoms with Crippen molar-refractivity contribution in [1.82, 2.24) is 10.3 Å². The Bertz CT molecular complexity index is 955. The first-order valence-electron chi connectivity index (χ1n) is 13.8. The van der Waals surface area contributed by atoms with Gasteiger partial charge in [-0.3, -0.25) is 9.98 Å². The van der Waals surface area contributed by atoms with Gasteiger partial charge in [-0.2, -0.15) is 26.3 Å². The largest absolute Gasteiger partial charge is 0.433 e. The summed E-state index contributed by atoms with van der Waals surface area (Å²) in [5, 5.41) is 3.23. The second-order valence-corrected chi connectivity index (χ2v) is 10.5. The normalized spacial score (nSPS) is 22.5. The van der Waals surface area contributed by atoms with Crippen molar-refractivity contribution in [1.29, 1.82) is 0 Å². The van der Waals surface area contributed by atoms with Gasteiger partial charge in [-0.15, -0.1) is 6.58 Å². The number of allylic oxidation sites excluding steroid dienone is 3. The first-order chi connectivity index (χ1) is 18.6. The zero-order valence-corrected chi connectivity index (χ0v) is 22.3. The number of nitrogens with one attached hydrogen (secondary N) is 1. The van der Waals surface area contributed by atoms with E-state index in [1.807, 2.05) is 6.20 Å². The molecular weight excluding hydrogens is 520 g/mol. The van der Waals surface area contributed by atoms with Gasteiger partial charge in [-0.25, -0.2) is 0 Å². The molecule has 1 aliphatic heterocycles. The van der Waals surface area contributed by atoms with E-state index in [0.717, 1.165) is 63.1 Å². The predicted octanol–water partition coefficient (Wildman–Crippen LogP) is 7.96. The molecule has 10 heteroatoms. The Labute approximate surface area is 227 Å². The number of nitrogens with zero attached hydrogens (tertiary/aromatic N) is 2. The minimum absolute atomic E-state index is 0.0588. The van der Waals surface area contributed by atoms with Crippen LogP contribution in [-0.4, -0.2) is 49.9 Å². The van der Waals surface area contributed by atoms with Gasteiger partial charge < -0.3 is 10.1 Å². The third-order valence-electron chi connectivity index (χ3n) is 7.77. The Morgan fingerprint density at radius 2 is 1.82 bits per heavy atom. The molecule has 39 heavy (non-hydrogen) atoms. The Hall–Kier alpha value is -2.20. The molecule has 1 aliphatic carbocycles.